The summed E-state index contributed by atoms with van der Waals surface area (Å²) in [5.74, 6) is 1.54. The number of ether oxygens (including phenoxy) is 1. The third-order valence-electron chi connectivity index (χ3n) is 4.47. The summed E-state index contributed by atoms with van der Waals surface area (Å²) in [6.45, 7) is 4.19. The third kappa shape index (κ3) is 3.53. The van der Waals surface area contributed by atoms with Gasteiger partial charge in [0.25, 0.3) is 10.2 Å². The predicted octanol–water partition coefficient (Wildman–Crippen LogP) is 0.193. The van der Waals surface area contributed by atoms with E-state index in [2.05, 4.69) is 15.3 Å². The van der Waals surface area contributed by atoms with Crippen molar-refractivity contribution in [1.29, 1.82) is 0 Å². The first kappa shape index (κ1) is 17.5. The molecule has 2 aliphatic rings. The summed E-state index contributed by atoms with van der Waals surface area (Å²) in [6, 6.07) is 0.258. The van der Waals surface area contributed by atoms with Gasteiger partial charge in [-0.1, -0.05) is 0 Å². The van der Waals surface area contributed by atoms with Gasteiger partial charge in [-0.25, -0.2) is 9.97 Å². The second-order valence-corrected chi connectivity index (χ2v) is 8.58. The fourth-order valence-electron chi connectivity index (χ4n) is 3.12. The van der Waals surface area contributed by atoms with Crippen LogP contribution in [0.5, 0.6) is 0 Å². The van der Waals surface area contributed by atoms with Gasteiger partial charge in [-0.3, -0.25) is 0 Å². The molecule has 1 fully saturated rings. The lowest BCUT2D eigenvalue weighted by atomic mass is 10.1. The number of aromatic nitrogens is 2. The van der Waals surface area contributed by atoms with E-state index in [1.807, 2.05) is 6.92 Å². The Bertz CT molecular complexity index is 701. The Labute approximate surface area is 143 Å². The van der Waals surface area contributed by atoms with Crippen molar-refractivity contribution in [3.8, 4) is 0 Å². The molecule has 9 heteroatoms. The highest BCUT2D eigenvalue weighted by molar-refractivity contribution is 7.86. The lowest BCUT2D eigenvalue weighted by Gasteiger charge is -2.23. The maximum absolute atomic E-state index is 12.4. The van der Waals surface area contributed by atoms with Crippen molar-refractivity contribution >= 4 is 16.0 Å². The van der Waals surface area contributed by atoms with E-state index < -0.39 is 10.2 Å². The largest absolute Gasteiger partial charge is 0.379 e. The van der Waals surface area contributed by atoms with Crippen LogP contribution in [0.15, 0.2) is 0 Å². The molecular weight excluding hydrogens is 330 g/mol. The van der Waals surface area contributed by atoms with E-state index in [-0.39, 0.29) is 6.04 Å². The van der Waals surface area contributed by atoms with Gasteiger partial charge < -0.3 is 10.1 Å². The predicted molar refractivity (Wildman–Crippen MR) is 91.2 cm³/mol. The molecule has 0 aliphatic carbocycles. The molecule has 3 heterocycles. The highest BCUT2D eigenvalue weighted by Gasteiger charge is 2.29. The second-order valence-electron chi connectivity index (χ2n) is 6.44. The van der Waals surface area contributed by atoms with Crippen LogP contribution in [0.3, 0.4) is 0 Å². The SMILES string of the molecule is Cc1nc2c(c(NC3CCOC3)n1)CCN(S(=O)(=O)N(C)C)CC2. The Kier molecular flexibility index (Phi) is 5.05. The standard InChI is InChI=1S/C15H25N5O3S/c1-11-16-14-5-8-20(24(21,22)19(2)3)7-4-13(14)15(17-11)18-12-6-9-23-10-12/h12H,4-10H2,1-3H3,(H,16,17,18). The lowest BCUT2D eigenvalue weighted by molar-refractivity contribution is 0.195. The molecule has 1 saturated heterocycles. The molecule has 1 unspecified atom stereocenters. The maximum atomic E-state index is 12.4. The van der Waals surface area contributed by atoms with Crippen LogP contribution in [-0.2, 0) is 27.8 Å². The highest BCUT2D eigenvalue weighted by Crippen LogP contribution is 2.24. The molecule has 24 heavy (non-hydrogen) atoms. The fourth-order valence-corrected chi connectivity index (χ4v) is 4.23. The van der Waals surface area contributed by atoms with Crippen LogP contribution < -0.4 is 5.32 Å². The van der Waals surface area contributed by atoms with Crippen molar-refractivity contribution in [1.82, 2.24) is 18.6 Å². The summed E-state index contributed by atoms with van der Waals surface area (Å²) in [4.78, 5) is 9.11. The third-order valence-corrected chi connectivity index (χ3v) is 6.41. The summed E-state index contributed by atoms with van der Waals surface area (Å²) in [6.07, 6.45) is 2.17. The molecule has 2 aliphatic heterocycles. The Morgan fingerprint density at radius 3 is 2.67 bits per heavy atom. The molecule has 0 radical (unpaired) electrons. The number of fused-ring (bicyclic) bond motifs is 1. The Balaban J connectivity index is 1.85. The minimum atomic E-state index is -3.41. The van der Waals surface area contributed by atoms with Gasteiger partial charge in [0.1, 0.15) is 11.6 Å². The fraction of sp³-hybridized carbons (Fsp3) is 0.733. The van der Waals surface area contributed by atoms with E-state index in [1.165, 1.54) is 8.61 Å². The quantitative estimate of drug-likeness (QED) is 0.830. The molecule has 0 aromatic carbocycles. The van der Waals surface area contributed by atoms with E-state index in [9.17, 15) is 8.42 Å². The average molecular weight is 355 g/mol. The van der Waals surface area contributed by atoms with Gasteiger partial charge in [-0.15, -0.1) is 0 Å². The van der Waals surface area contributed by atoms with Gasteiger partial charge >= 0.3 is 0 Å². The normalized spacial score (nSPS) is 22.4. The lowest BCUT2D eigenvalue weighted by Crippen LogP contribution is -2.41. The van der Waals surface area contributed by atoms with E-state index in [0.717, 1.165) is 30.1 Å². The topological polar surface area (TPSA) is 87.7 Å². The van der Waals surface area contributed by atoms with Gasteiger partial charge in [0.2, 0.25) is 0 Å². The van der Waals surface area contributed by atoms with E-state index in [0.29, 0.717) is 38.4 Å². The molecule has 0 saturated carbocycles. The zero-order valence-corrected chi connectivity index (χ0v) is 15.3. The number of anilines is 1. The molecule has 1 N–H and O–H groups in total. The van der Waals surface area contributed by atoms with Crippen LogP contribution in [0.4, 0.5) is 5.82 Å². The Morgan fingerprint density at radius 2 is 2.00 bits per heavy atom. The molecule has 1 aromatic rings. The van der Waals surface area contributed by atoms with Crippen LogP contribution in [0.1, 0.15) is 23.5 Å². The zero-order valence-electron chi connectivity index (χ0n) is 14.4. The molecule has 8 nitrogen and oxygen atoms in total. The van der Waals surface area contributed by atoms with Gasteiger partial charge in [0, 0.05) is 45.8 Å². The van der Waals surface area contributed by atoms with Crippen LogP contribution in [0.2, 0.25) is 0 Å². The number of rotatable bonds is 4. The van der Waals surface area contributed by atoms with Crippen molar-refractivity contribution in [2.45, 2.75) is 32.2 Å². The number of aryl methyl sites for hydroxylation is 1. The molecule has 0 bridgehead atoms. The summed E-state index contributed by atoms with van der Waals surface area (Å²) in [7, 11) is -0.288. The average Bonchev–Trinajstić information content (AvgIpc) is 2.91. The molecule has 134 valence electrons. The van der Waals surface area contributed by atoms with Crippen molar-refractivity contribution in [2.24, 2.45) is 0 Å². The van der Waals surface area contributed by atoms with E-state index in [4.69, 9.17) is 4.74 Å². The number of nitrogens with zero attached hydrogens (tertiary/aromatic N) is 4. The van der Waals surface area contributed by atoms with E-state index >= 15 is 0 Å². The molecular formula is C15H25N5O3S. The Morgan fingerprint density at radius 1 is 1.25 bits per heavy atom. The first-order valence-corrected chi connectivity index (χ1v) is 9.66. The molecule has 1 atom stereocenters. The monoisotopic (exact) mass is 355 g/mol. The molecule has 3 rings (SSSR count). The van der Waals surface area contributed by atoms with Crippen molar-refractivity contribution in [3.63, 3.8) is 0 Å². The number of nitrogens with one attached hydrogen (secondary N) is 1. The van der Waals surface area contributed by atoms with Crippen LogP contribution >= 0.6 is 0 Å². The molecule has 1 aromatic heterocycles. The smallest absolute Gasteiger partial charge is 0.281 e. The van der Waals surface area contributed by atoms with Gasteiger partial charge in [0.05, 0.1) is 18.3 Å². The summed E-state index contributed by atoms with van der Waals surface area (Å²) in [5.41, 5.74) is 1.98. The van der Waals surface area contributed by atoms with Crippen molar-refractivity contribution < 1.29 is 13.2 Å². The molecule has 0 amide bonds. The van der Waals surface area contributed by atoms with E-state index in [1.54, 1.807) is 14.1 Å². The zero-order chi connectivity index (χ0) is 17.3. The summed E-state index contributed by atoms with van der Waals surface area (Å²) < 4.78 is 33.0. The molecule has 0 spiro atoms. The van der Waals surface area contributed by atoms with Crippen LogP contribution in [-0.4, -0.2) is 73.4 Å². The number of hydrogen-bond acceptors (Lipinski definition) is 6. The Hall–Kier alpha value is -1.29. The summed E-state index contributed by atoms with van der Waals surface area (Å²) >= 11 is 0. The number of hydrogen-bond donors (Lipinski definition) is 1. The minimum Gasteiger partial charge on any atom is -0.379 e. The van der Waals surface area contributed by atoms with Gasteiger partial charge in [-0.05, 0) is 19.8 Å². The maximum Gasteiger partial charge on any atom is 0.281 e. The first-order chi connectivity index (χ1) is 11.4. The minimum absolute atomic E-state index is 0.258. The van der Waals surface area contributed by atoms with Crippen LogP contribution in [0.25, 0.3) is 0 Å². The van der Waals surface area contributed by atoms with Gasteiger partial charge in [0.15, 0.2) is 0 Å². The van der Waals surface area contributed by atoms with Gasteiger partial charge in [-0.2, -0.15) is 17.0 Å². The highest BCUT2D eigenvalue weighted by atomic mass is 32.2. The second kappa shape index (κ2) is 6.91. The van der Waals surface area contributed by atoms with Crippen molar-refractivity contribution in [2.75, 3.05) is 45.7 Å². The first-order valence-electron chi connectivity index (χ1n) is 8.26. The summed E-state index contributed by atoms with van der Waals surface area (Å²) in [5, 5.41) is 3.46. The van der Waals surface area contributed by atoms with Crippen molar-refractivity contribution in [3.05, 3.63) is 17.1 Å². The van der Waals surface area contributed by atoms with Crippen LogP contribution in [0, 0.1) is 6.92 Å².